The zero-order valence-corrected chi connectivity index (χ0v) is 16.9. The molecule has 0 saturated carbocycles. The predicted octanol–water partition coefficient (Wildman–Crippen LogP) is 2.36. The highest BCUT2D eigenvalue weighted by molar-refractivity contribution is 5.99. The standard InChI is InChI=1S/C22H30N2O4/c1-16-3-4-17(2)19(15-16)20(25)5-6-21(26)23-9-7-18(8-10-23)22(27)24-11-13-28-14-12-24/h3-4,15,18H,5-14H2,1-2H3. The Morgan fingerprint density at radius 3 is 2.32 bits per heavy atom. The summed E-state index contributed by atoms with van der Waals surface area (Å²) in [6, 6.07) is 5.82. The molecule has 1 aromatic rings. The van der Waals surface area contributed by atoms with Crippen molar-refractivity contribution in [2.45, 2.75) is 39.5 Å². The van der Waals surface area contributed by atoms with Gasteiger partial charge in [-0.1, -0.05) is 17.7 Å². The van der Waals surface area contributed by atoms with E-state index in [9.17, 15) is 14.4 Å². The van der Waals surface area contributed by atoms with Gasteiger partial charge in [0.05, 0.1) is 13.2 Å². The van der Waals surface area contributed by atoms with Gasteiger partial charge in [0.1, 0.15) is 0 Å². The van der Waals surface area contributed by atoms with E-state index >= 15 is 0 Å². The maximum Gasteiger partial charge on any atom is 0.225 e. The molecule has 0 aliphatic carbocycles. The van der Waals surface area contributed by atoms with Crippen LogP contribution < -0.4 is 0 Å². The molecule has 2 heterocycles. The maximum absolute atomic E-state index is 12.6. The van der Waals surface area contributed by atoms with Crippen molar-refractivity contribution in [3.8, 4) is 0 Å². The van der Waals surface area contributed by atoms with Crippen LogP contribution in [0.1, 0.15) is 47.2 Å². The molecule has 0 N–H and O–H groups in total. The van der Waals surface area contributed by atoms with Gasteiger partial charge >= 0.3 is 0 Å². The molecule has 1 aromatic carbocycles. The number of ether oxygens (including phenoxy) is 1. The molecule has 0 spiro atoms. The van der Waals surface area contributed by atoms with Gasteiger partial charge in [-0.15, -0.1) is 0 Å². The summed E-state index contributed by atoms with van der Waals surface area (Å²) in [6.45, 7) is 7.62. The molecule has 0 bridgehead atoms. The second-order valence-corrected chi connectivity index (χ2v) is 7.83. The number of hydrogen-bond donors (Lipinski definition) is 0. The summed E-state index contributed by atoms with van der Waals surface area (Å²) in [5, 5.41) is 0. The number of aryl methyl sites for hydroxylation is 2. The molecule has 0 radical (unpaired) electrons. The zero-order chi connectivity index (χ0) is 20.1. The molecule has 2 amide bonds. The Bertz CT molecular complexity index is 732. The van der Waals surface area contributed by atoms with Crippen LogP contribution in [-0.2, 0) is 14.3 Å². The lowest BCUT2D eigenvalue weighted by Gasteiger charge is -2.35. The van der Waals surface area contributed by atoms with Crippen LogP contribution in [0.15, 0.2) is 18.2 Å². The second-order valence-electron chi connectivity index (χ2n) is 7.83. The number of nitrogens with zero attached hydrogens (tertiary/aromatic N) is 2. The van der Waals surface area contributed by atoms with Crippen molar-refractivity contribution in [1.29, 1.82) is 0 Å². The van der Waals surface area contributed by atoms with Crippen LogP contribution in [0.25, 0.3) is 0 Å². The highest BCUT2D eigenvalue weighted by Crippen LogP contribution is 2.21. The van der Waals surface area contributed by atoms with Gasteiger partial charge in [0.25, 0.3) is 0 Å². The number of likely N-dealkylation sites (tertiary alicyclic amines) is 1. The average Bonchev–Trinajstić information content (AvgIpc) is 2.73. The Hall–Kier alpha value is -2.21. The van der Waals surface area contributed by atoms with Crippen molar-refractivity contribution in [1.82, 2.24) is 9.80 Å². The number of amides is 2. The van der Waals surface area contributed by atoms with Crippen LogP contribution >= 0.6 is 0 Å². The predicted molar refractivity (Wildman–Crippen MR) is 106 cm³/mol. The van der Waals surface area contributed by atoms with Crippen LogP contribution in [0.4, 0.5) is 0 Å². The summed E-state index contributed by atoms with van der Waals surface area (Å²) < 4.78 is 5.30. The molecule has 2 aliphatic heterocycles. The van der Waals surface area contributed by atoms with Crippen molar-refractivity contribution in [3.05, 3.63) is 34.9 Å². The van der Waals surface area contributed by atoms with Crippen LogP contribution in [0, 0.1) is 19.8 Å². The molecular formula is C22H30N2O4. The number of carbonyl (C=O) groups excluding carboxylic acids is 3. The molecule has 0 aromatic heterocycles. The van der Waals surface area contributed by atoms with Crippen LogP contribution in [-0.4, -0.2) is 66.8 Å². The van der Waals surface area contributed by atoms with Gasteiger partial charge < -0.3 is 14.5 Å². The molecule has 2 saturated heterocycles. The fourth-order valence-electron chi connectivity index (χ4n) is 3.97. The molecule has 6 nitrogen and oxygen atoms in total. The summed E-state index contributed by atoms with van der Waals surface area (Å²) in [5.74, 6) is 0.224. The third-order valence-corrected chi connectivity index (χ3v) is 5.78. The number of piperidine rings is 1. The Morgan fingerprint density at radius 2 is 1.64 bits per heavy atom. The minimum Gasteiger partial charge on any atom is -0.378 e. The Morgan fingerprint density at radius 1 is 0.964 bits per heavy atom. The Balaban J connectivity index is 1.45. The van der Waals surface area contributed by atoms with Gasteiger partial charge in [-0.2, -0.15) is 0 Å². The molecule has 6 heteroatoms. The molecule has 152 valence electrons. The first-order chi connectivity index (χ1) is 13.5. The van der Waals surface area contributed by atoms with E-state index in [1.54, 1.807) is 4.90 Å². The SMILES string of the molecule is Cc1ccc(C)c(C(=O)CCC(=O)N2CCC(C(=O)N3CCOCC3)CC2)c1. The molecule has 2 fully saturated rings. The van der Waals surface area contributed by atoms with E-state index in [0.29, 0.717) is 57.8 Å². The van der Waals surface area contributed by atoms with E-state index in [0.717, 1.165) is 11.1 Å². The van der Waals surface area contributed by atoms with Crippen LogP contribution in [0.5, 0.6) is 0 Å². The van der Waals surface area contributed by atoms with Crippen LogP contribution in [0.3, 0.4) is 0 Å². The van der Waals surface area contributed by atoms with E-state index in [4.69, 9.17) is 4.74 Å². The average molecular weight is 386 g/mol. The number of ketones is 1. The highest BCUT2D eigenvalue weighted by atomic mass is 16.5. The van der Waals surface area contributed by atoms with E-state index in [1.807, 2.05) is 36.9 Å². The van der Waals surface area contributed by atoms with Gasteiger partial charge in [-0.25, -0.2) is 0 Å². The molecule has 3 rings (SSSR count). The first-order valence-corrected chi connectivity index (χ1v) is 10.2. The summed E-state index contributed by atoms with van der Waals surface area (Å²) >= 11 is 0. The number of carbonyl (C=O) groups is 3. The van der Waals surface area contributed by atoms with Crippen molar-refractivity contribution < 1.29 is 19.1 Å². The summed E-state index contributed by atoms with van der Waals surface area (Å²) in [5.41, 5.74) is 2.71. The Labute approximate surface area is 166 Å². The number of Topliss-reactive ketones (excluding diaryl/α,β-unsaturated/α-hetero) is 1. The molecule has 0 unspecified atom stereocenters. The van der Waals surface area contributed by atoms with Crippen molar-refractivity contribution in [2.24, 2.45) is 5.92 Å². The van der Waals surface area contributed by atoms with E-state index in [-0.39, 0.29) is 36.4 Å². The minimum absolute atomic E-state index is 0.00118. The molecular weight excluding hydrogens is 356 g/mol. The lowest BCUT2D eigenvalue weighted by molar-refractivity contribution is -0.143. The first-order valence-electron chi connectivity index (χ1n) is 10.2. The number of hydrogen-bond acceptors (Lipinski definition) is 4. The molecule has 0 atom stereocenters. The zero-order valence-electron chi connectivity index (χ0n) is 16.9. The van der Waals surface area contributed by atoms with E-state index in [1.165, 1.54) is 0 Å². The molecule has 28 heavy (non-hydrogen) atoms. The summed E-state index contributed by atoms with van der Waals surface area (Å²) in [6.07, 6.45) is 1.86. The fraction of sp³-hybridized carbons (Fsp3) is 0.591. The summed E-state index contributed by atoms with van der Waals surface area (Å²) in [4.78, 5) is 41.3. The normalized spacial score (nSPS) is 18.2. The second kappa shape index (κ2) is 9.32. The van der Waals surface area contributed by atoms with E-state index in [2.05, 4.69) is 0 Å². The van der Waals surface area contributed by atoms with Gasteiger partial charge in [0.2, 0.25) is 11.8 Å². The highest BCUT2D eigenvalue weighted by Gasteiger charge is 2.30. The third-order valence-electron chi connectivity index (χ3n) is 5.78. The van der Waals surface area contributed by atoms with Gasteiger partial charge in [-0.05, 0) is 38.3 Å². The first kappa shape index (κ1) is 20.5. The Kier molecular flexibility index (Phi) is 6.83. The number of morpholine rings is 1. The third kappa shape index (κ3) is 4.98. The number of benzene rings is 1. The molecule has 2 aliphatic rings. The minimum atomic E-state index is -0.00118. The summed E-state index contributed by atoms with van der Waals surface area (Å²) in [7, 11) is 0. The van der Waals surface area contributed by atoms with Crippen molar-refractivity contribution >= 4 is 17.6 Å². The largest absolute Gasteiger partial charge is 0.378 e. The fourth-order valence-corrected chi connectivity index (χ4v) is 3.97. The maximum atomic E-state index is 12.6. The number of rotatable bonds is 5. The van der Waals surface area contributed by atoms with Gasteiger partial charge in [0.15, 0.2) is 5.78 Å². The van der Waals surface area contributed by atoms with Crippen molar-refractivity contribution in [2.75, 3.05) is 39.4 Å². The lowest BCUT2D eigenvalue weighted by Crippen LogP contribution is -2.47. The van der Waals surface area contributed by atoms with Gasteiger partial charge in [0, 0.05) is 50.5 Å². The lowest BCUT2D eigenvalue weighted by atomic mass is 9.94. The topological polar surface area (TPSA) is 66.9 Å². The monoisotopic (exact) mass is 386 g/mol. The smallest absolute Gasteiger partial charge is 0.225 e. The van der Waals surface area contributed by atoms with E-state index < -0.39 is 0 Å². The van der Waals surface area contributed by atoms with Crippen LogP contribution in [0.2, 0.25) is 0 Å². The van der Waals surface area contributed by atoms with Gasteiger partial charge in [-0.3, -0.25) is 14.4 Å². The van der Waals surface area contributed by atoms with Crippen molar-refractivity contribution in [3.63, 3.8) is 0 Å². The quantitative estimate of drug-likeness (QED) is 0.729.